The van der Waals surface area contributed by atoms with Crippen LogP contribution in [0.25, 0.3) is 11.3 Å². The predicted octanol–water partition coefficient (Wildman–Crippen LogP) is 5.69. The van der Waals surface area contributed by atoms with Crippen molar-refractivity contribution in [2.24, 2.45) is 5.92 Å². The molecule has 1 aromatic heterocycles. The van der Waals surface area contributed by atoms with Gasteiger partial charge in [0.1, 0.15) is 5.82 Å². The third-order valence-corrected chi connectivity index (χ3v) is 7.64. The molecule has 2 aromatic rings. The van der Waals surface area contributed by atoms with Gasteiger partial charge in [-0.05, 0) is 43.4 Å². The van der Waals surface area contributed by atoms with Gasteiger partial charge in [0.05, 0.1) is 18.9 Å². The highest BCUT2D eigenvalue weighted by Crippen LogP contribution is 2.37. The second-order valence-electron chi connectivity index (χ2n) is 10.9. The number of alkyl halides is 5. The van der Waals surface area contributed by atoms with Crippen LogP contribution in [0.1, 0.15) is 37.7 Å². The predicted molar refractivity (Wildman–Crippen MR) is 141 cm³/mol. The molecule has 2 saturated heterocycles. The van der Waals surface area contributed by atoms with Crippen LogP contribution in [-0.2, 0) is 4.74 Å². The number of nitrogens with zero attached hydrogens (tertiary/aromatic N) is 4. The summed E-state index contributed by atoms with van der Waals surface area (Å²) in [6.45, 7) is 4.53. The van der Waals surface area contributed by atoms with Crippen molar-refractivity contribution in [1.82, 2.24) is 14.9 Å². The van der Waals surface area contributed by atoms with Crippen molar-refractivity contribution < 1.29 is 31.5 Å². The molecule has 5 rings (SSSR count). The fraction of sp³-hybridized carbons (Fsp3) is 0.593. The number of urea groups is 1. The minimum Gasteiger partial charge on any atom is -0.378 e. The van der Waals surface area contributed by atoms with Gasteiger partial charge >= 0.3 is 12.2 Å². The van der Waals surface area contributed by atoms with Gasteiger partial charge in [-0.1, -0.05) is 6.07 Å². The Morgan fingerprint density at radius 1 is 1.12 bits per heavy atom. The van der Waals surface area contributed by atoms with E-state index in [2.05, 4.69) is 25.5 Å². The van der Waals surface area contributed by atoms with Crippen LogP contribution in [0.15, 0.2) is 24.3 Å². The number of hydrogen-bond acceptors (Lipinski definition) is 6. The Kier molecular flexibility index (Phi) is 8.03. The van der Waals surface area contributed by atoms with Crippen molar-refractivity contribution in [3.05, 3.63) is 29.8 Å². The number of aryl methyl sites for hydroxylation is 1. The number of ether oxygens (including phenoxy) is 1. The summed E-state index contributed by atoms with van der Waals surface area (Å²) in [4.78, 5) is 25.6. The fourth-order valence-electron chi connectivity index (χ4n) is 5.54. The highest BCUT2D eigenvalue weighted by Gasteiger charge is 2.40. The standard InChI is InChI=1S/C27H33F5N6O2/c1-17-2-3-19(34-25(39)38-7-5-18(16-38)14-27(30,31)32)12-21(17)22-13-23(37-8-10-40-11-9-37)36-24(35-22)33-20-4-6-26(28,29)15-20/h2-3,12-13,18,20H,4-11,14-16H2,1H3,(H,34,39)(H,33,35,36)/t18?,20-/m0/s1. The number of anilines is 3. The zero-order valence-electron chi connectivity index (χ0n) is 22.2. The van der Waals surface area contributed by atoms with Gasteiger partial charge < -0.3 is 25.2 Å². The van der Waals surface area contributed by atoms with Crippen LogP contribution in [0.5, 0.6) is 0 Å². The van der Waals surface area contributed by atoms with Crippen molar-refractivity contribution in [3.8, 4) is 11.3 Å². The van der Waals surface area contributed by atoms with Crippen LogP contribution in [0.4, 0.5) is 44.2 Å². The quantitative estimate of drug-likeness (QED) is 0.436. The second-order valence-corrected chi connectivity index (χ2v) is 10.9. The van der Waals surface area contributed by atoms with E-state index in [0.717, 1.165) is 5.56 Å². The average molecular weight is 569 g/mol. The molecule has 3 heterocycles. The van der Waals surface area contributed by atoms with Gasteiger partial charge in [0.15, 0.2) is 0 Å². The molecule has 13 heteroatoms. The van der Waals surface area contributed by atoms with Crippen LogP contribution >= 0.6 is 0 Å². The van der Waals surface area contributed by atoms with Gasteiger partial charge in [-0.25, -0.2) is 18.6 Å². The number of morpholine rings is 1. The summed E-state index contributed by atoms with van der Waals surface area (Å²) < 4.78 is 71.4. The summed E-state index contributed by atoms with van der Waals surface area (Å²) >= 11 is 0. The summed E-state index contributed by atoms with van der Waals surface area (Å²) in [5.41, 5.74) is 2.62. The van der Waals surface area contributed by atoms with Crippen LogP contribution in [0, 0.1) is 12.8 Å². The Bertz CT molecular complexity index is 1220. The molecule has 3 fully saturated rings. The number of halogens is 5. The molecule has 0 bridgehead atoms. The molecule has 0 spiro atoms. The topological polar surface area (TPSA) is 82.6 Å². The van der Waals surface area contributed by atoms with Crippen molar-refractivity contribution in [1.29, 1.82) is 0 Å². The van der Waals surface area contributed by atoms with Crippen LogP contribution < -0.4 is 15.5 Å². The summed E-state index contributed by atoms with van der Waals surface area (Å²) in [5.74, 6) is -2.43. The maximum Gasteiger partial charge on any atom is 0.389 e. The Labute approximate surface area is 229 Å². The van der Waals surface area contributed by atoms with E-state index in [9.17, 15) is 26.7 Å². The van der Waals surface area contributed by atoms with Gasteiger partial charge in [-0.3, -0.25) is 0 Å². The van der Waals surface area contributed by atoms with E-state index in [1.807, 2.05) is 19.1 Å². The van der Waals surface area contributed by atoms with E-state index in [-0.39, 0.29) is 31.9 Å². The number of amides is 2. The Hall–Kier alpha value is -3.22. The summed E-state index contributed by atoms with van der Waals surface area (Å²) in [6.07, 6.45) is -5.01. The number of nitrogens with one attached hydrogen (secondary N) is 2. The van der Waals surface area contributed by atoms with E-state index in [1.54, 1.807) is 12.1 Å². The van der Waals surface area contributed by atoms with Crippen molar-refractivity contribution in [2.45, 2.75) is 57.2 Å². The van der Waals surface area contributed by atoms with Gasteiger partial charge in [0.25, 0.3) is 0 Å². The van der Waals surface area contributed by atoms with E-state index in [0.29, 0.717) is 61.9 Å². The van der Waals surface area contributed by atoms with E-state index in [1.165, 1.54) is 4.90 Å². The second kappa shape index (κ2) is 11.3. The molecule has 218 valence electrons. The van der Waals surface area contributed by atoms with E-state index >= 15 is 0 Å². The molecule has 1 unspecified atom stereocenters. The summed E-state index contributed by atoms with van der Waals surface area (Å²) in [5, 5.41) is 5.89. The van der Waals surface area contributed by atoms with Crippen LogP contribution in [-0.4, -0.2) is 78.4 Å². The number of hydrogen-bond donors (Lipinski definition) is 2. The molecule has 2 atom stereocenters. The maximum absolute atomic E-state index is 13.8. The fourth-order valence-corrected chi connectivity index (χ4v) is 5.54. The zero-order chi connectivity index (χ0) is 28.5. The molecule has 2 amide bonds. The smallest absolute Gasteiger partial charge is 0.378 e. The van der Waals surface area contributed by atoms with Crippen molar-refractivity contribution in [3.63, 3.8) is 0 Å². The molecule has 1 saturated carbocycles. The molecule has 2 aliphatic heterocycles. The molecule has 1 aromatic carbocycles. The number of benzene rings is 1. The number of rotatable bonds is 6. The molecule has 2 N–H and O–H groups in total. The van der Waals surface area contributed by atoms with Gasteiger partial charge in [0.2, 0.25) is 11.9 Å². The normalized spacial score (nSPS) is 22.9. The van der Waals surface area contributed by atoms with Gasteiger partial charge in [0, 0.05) is 68.8 Å². The third kappa shape index (κ3) is 7.10. The lowest BCUT2D eigenvalue weighted by molar-refractivity contribution is -0.143. The highest BCUT2D eigenvalue weighted by molar-refractivity contribution is 5.90. The van der Waals surface area contributed by atoms with Crippen LogP contribution in [0.3, 0.4) is 0 Å². The van der Waals surface area contributed by atoms with Crippen molar-refractivity contribution >= 4 is 23.5 Å². The lowest BCUT2D eigenvalue weighted by atomic mass is 10.0. The molecular weight excluding hydrogens is 535 g/mol. The number of aromatic nitrogens is 2. The summed E-state index contributed by atoms with van der Waals surface area (Å²) in [7, 11) is 0. The van der Waals surface area contributed by atoms with E-state index < -0.39 is 36.5 Å². The first kappa shape index (κ1) is 28.3. The first-order chi connectivity index (χ1) is 18.9. The molecule has 8 nitrogen and oxygen atoms in total. The minimum atomic E-state index is -4.26. The number of carbonyl (C=O) groups is 1. The zero-order valence-corrected chi connectivity index (χ0v) is 22.2. The van der Waals surface area contributed by atoms with E-state index in [4.69, 9.17) is 4.74 Å². The highest BCUT2D eigenvalue weighted by atomic mass is 19.4. The first-order valence-electron chi connectivity index (χ1n) is 13.5. The van der Waals surface area contributed by atoms with Crippen molar-refractivity contribution in [2.75, 3.05) is 54.9 Å². The molecule has 0 radical (unpaired) electrons. The number of likely N-dealkylation sites (tertiary alicyclic amines) is 1. The Balaban J connectivity index is 1.37. The number of carbonyl (C=O) groups excluding carboxylic acids is 1. The minimum absolute atomic E-state index is 0.0497. The molecule has 40 heavy (non-hydrogen) atoms. The molecule has 3 aliphatic rings. The lowest BCUT2D eigenvalue weighted by Crippen LogP contribution is -2.37. The van der Waals surface area contributed by atoms with Crippen LogP contribution in [0.2, 0.25) is 0 Å². The maximum atomic E-state index is 13.8. The largest absolute Gasteiger partial charge is 0.389 e. The third-order valence-electron chi connectivity index (χ3n) is 7.64. The monoisotopic (exact) mass is 568 g/mol. The Morgan fingerprint density at radius 2 is 1.90 bits per heavy atom. The molecule has 1 aliphatic carbocycles. The SMILES string of the molecule is Cc1ccc(NC(=O)N2CCC(CC(F)(F)F)C2)cc1-c1cc(N2CCOCC2)nc(N[C@H]2CCC(F)(F)C2)n1. The molecular formula is C27H33F5N6O2. The average Bonchev–Trinajstić information content (AvgIpc) is 3.49. The Morgan fingerprint density at radius 3 is 2.60 bits per heavy atom. The van der Waals surface area contributed by atoms with Gasteiger partial charge in [-0.2, -0.15) is 18.2 Å². The van der Waals surface area contributed by atoms with Gasteiger partial charge in [-0.15, -0.1) is 0 Å². The lowest BCUT2D eigenvalue weighted by Gasteiger charge is -2.28. The first-order valence-corrected chi connectivity index (χ1v) is 13.5. The summed E-state index contributed by atoms with van der Waals surface area (Å²) in [6, 6.07) is 6.23.